The van der Waals surface area contributed by atoms with E-state index in [1.54, 1.807) is 0 Å². The third-order valence-electron chi connectivity index (χ3n) is 4.22. The number of nitrogens with zero attached hydrogens (tertiary/aromatic N) is 2. The van der Waals surface area contributed by atoms with Gasteiger partial charge in [0.2, 0.25) is 10.0 Å². The molecule has 3 rings (SSSR count). The molecule has 130 valence electrons. The molecule has 2 heterocycles. The molecular formula is C16H21N3O4S. The highest BCUT2D eigenvalue weighted by Gasteiger charge is 2.41. The second-order valence-electron chi connectivity index (χ2n) is 6.13. The Kier molecular flexibility index (Phi) is 4.73. The number of H-pyrrole nitrogens is 1. The summed E-state index contributed by atoms with van der Waals surface area (Å²) in [6.45, 7) is 2.34. The summed E-state index contributed by atoms with van der Waals surface area (Å²) in [7, 11) is -3.65. The molecule has 1 aromatic heterocycles. The fourth-order valence-corrected chi connectivity index (χ4v) is 4.40. The first-order valence-corrected chi connectivity index (χ1v) is 9.18. The predicted molar refractivity (Wildman–Crippen MR) is 88.0 cm³/mol. The van der Waals surface area contributed by atoms with Crippen molar-refractivity contribution in [3.63, 3.8) is 0 Å². The lowest BCUT2D eigenvalue weighted by atomic mass is 9.93. The molecule has 2 aromatic rings. The molecule has 0 aliphatic carbocycles. The molecule has 24 heavy (non-hydrogen) atoms. The van der Waals surface area contributed by atoms with Gasteiger partial charge in [-0.1, -0.05) is 29.8 Å². The molecule has 1 fully saturated rings. The number of hydrogen-bond acceptors (Lipinski definition) is 5. The highest BCUT2D eigenvalue weighted by atomic mass is 32.2. The van der Waals surface area contributed by atoms with Crippen LogP contribution in [0.2, 0.25) is 0 Å². The van der Waals surface area contributed by atoms with E-state index in [9.17, 15) is 13.5 Å². The maximum Gasteiger partial charge on any atom is 0.246 e. The number of rotatable bonds is 5. The van der Waals surface area contributed by atoms with Crippen molar-refractivity contribution in [2.45, 2.75) is 23.8 Å². The van der Waals surface area contributed by atoms with Crippen molar-refractivity contribution in [2.75, 3.05) is 26.3 Å². The number of aliphatic hydroxyl groups is 1. The second-order valence-corrected chi connectivity index (χ2v) is 8.07. The van der Waals surface area contributed by atoms with E-state index in [2.05, 4.69) is 10.2 Å². The van der Waals surface area contributed by atoms with Crippen molar-refractivity contribution < 1.29 is 18.3 Å². The number of nitrogens with one attached hydrogen (secondary N) is 1. The van der Waals surface area contributed by atoms with E-state index in [1.807, 2.05) is 31.2 Å². The van der Waals surface area contributed by atoms with E-state index < -0.39 is 15.6 Å². The van der Waals surface area contributed by atoms with Crippen molar-refractivity contribution in [2.24, 2.45) is 0 Å². The summed E-state index contributed by atoms with van der Waals surface area (Å²) in [4.78, 5) is 0.117. The molecule has 7 nitrogen and oxygen atoms in total. The zero-order valence-corrected chi connectivity index (χ0v) is 14.3. The van der Waals surface area contributed by atoms with Crippen LogP contribution in [0.1, 0.15) is 11.1 Å². The van der Waals surface area contributed by atoms with Crippen LogP contribution in [-0.2, 0) is 21.2 Å². The number of aliphatic hydroxyl groups excluding tert-OH is 1. The molecule has 1 aliphatic heterocycles. The standard InChI is InChI=1S/C16H21N3O4S/c1-13-3-2-4-14(7-13)8-16(12-20)11-19(5-6-23-16)24(21,22)15-9-17-18-10-15/h2-4,7,9-10,20H,5-6,8,11-12H2,1H3,(H,17,18)/t16-/m1/s1. The topological polar surface area (TPSA) is 95.5 Å². The lowest BCUT2D eigenvalue weighted by Gasteiger charge is -2.41. The van der Waals surface area contributed by atoms with Gasteiger partial charge in [-0.05, 0) is 12.5 Å². The molecule has 1 aromatic carbocycles. The Hall–Kier alpha value is -1.74. The Balaban J connectivity index is 1.84. The number of aromatic nitrogens is 2. The summed E-state index contributed by atoms with van der Waals surface area (Å²) in [5.41, 5.74) is 1.17. The third kappa shape index (κ3) is 3.36. The van der Waals surface area contributed by atoms with Crippen LogP contribution in [0.5, 0.6) is 0 Å². The lowest BCUT2D eigenvalue weighted by molar-refractivity contribution is -0.115. The van der Waals surface area contributed by atoms with E-state index in [1.165, 1.54) is 16.7 Å². The molecule has 1 atom stereocenters. The zero-order chi connectivity index (χ0) is 17.2. The quantitative estimate of drug-likeness (QED) is 0.827. The molecule has 1 saturated heterocycles. The smallest absolute Gasteiger partial charge is 0.246 e. The number of sulfonamides is 1. The molecule has 0 amide bonds. The van der Waals surface area contributed by atoms with E-state index in [-0.39, 0.29) is 31.2 Å². The van der Waals surface area contributed by atoms with Crippen LogP contribution in [0.4, 0.5) is 0 Å². The maximum atomic E-state index is 12.7. The Bertz CT molecular complexity index is 791. The summed E-state index contributed by atoms with van der Waals surface area (Å²) in [6.07, 6.45) is 3.08. The molecule has 0 saturated carbocycles. The summed E-state index contributed by atoms with van der Waals surface area (Å²) in [6, 6.07) is 7.91. The Labute approximate surface area is 141 Å². The molecule has 2 N–H and O–H groups in total. The van der Waals surface area contributed by atoms with Crippen LogP contribution < -0.4 is 0 Å². The summed E-state index contributed by atoms with van der Waals surface area (Å²) in [5, 5.41) is 16.1. The van der Waals surface area contributed by atoms with Gasteiger partial charge in [-0.15, -0.1) is 0 Å². The minimum absolute atomic E-state index is 0.102. The van der Waals surface area contributed by atoms with Gasteiger partial charge in [0.25, 0.3) is 0 Å². The highest BCUT2D eigenvalue weighted by molar-refractivity contribution is 7.89. The van der Waals surface area contributed by atoms with Gasteiger partial charge in [-0.2, -0.15) is 9.40 Å². The molecule has 0 radical (unpaired) electrons. The van der Waals surface area contributed by atoms with E-state index in [0.29, 0.717) is 6.42 Å². The number of benzene rings is 1. The first-order valence-electron chi connectivity index (χ1n) is 7.74. The Morgan fingerprint density at radius 2 is 2.29 bits per heavy atom. The van der Waals surface area contributed by atoms with Gasteiger partial charge >= 0.3 is 0 Å². The maximum absolute atomic E-state index is 12.7. The zero-order valence-electron chi connectivity index (χ0n) is 13.5. The van der Waals surface area contributed by atoms with Crippen molar-refractivity contribution in [3.05, 3.63) is 47.8 Å². The number of hydrogen-bond donors (Lipinski definition) is 2. The van der Waals surface area contributed by atoms with Crippen molar-refractivity contribution in [1.82, 2.24) is 14.5 Å². The van der Waals surface area contributed by atoms with Gasteiger partial charge in [0.05, 0.1) is 19.4 Å². The number of morpholine rings is 1. The van der Waals surface area contributed by atoms with E-state index in [0.717, 1.165) is 11.1 Å². The number of aromatic amines is 1. The van der Waals surface area contributed by atoms with Gasteiger partial charge < -0.3 is 9.84 Å². The Morgan fingerprint density at radius 3 is 2.96 bits per heavy atom. The fourth-order valence-electron chi connectivity index (χ4n) is 3.00. The van der Waals surface area contributed by atoms with Gasteiger partial charge in [0.1, 0.15) is 10.5 Å². The minimum atomic E-state index is -3.65. The first kappa shape index (κ1) is 17.1. The van der Waals surface area contributed by atoms with Crippen LogP contribution in [0.25, 0.3) is 0 Å². The second kappa shape index (κ2) is 6.64. The SMILES string of the molecule is Cc1cccc(C[C@]2(CO)CN(S(=O)(=O)c3cn[nH]c3)CCO2)c1. The summed E-state index contributed by atoms with van der Waals surface area (Å²) < 4.78 is 32.6. The van der Waals surface area contributed by atoms with Gasteiger partial charge in [-0.25, -0.2) is 8.42 Å². The first-order chi connectivity index (χ1) is 11.5. The monoisotopic (exact) mass is 351 g/mol. The van der Waals surface area contributed by atoms with Crippen molar-refractivity contribution in [1.29, 1.82) is 0 Å². The van der Waals surface area contributed by atoms with Crippen LogP contribution >= 0.6 is 0 Å². The number of aryl methyl sites for hydroxylation is 1. The van der Waals surface area contributed by atoms with Crippen molar-refractivity contribution >= 4 is 10.0 Å². The fraction of sp³-hybridized carbons (Fsp3) is 0.438. The summed E-state index contributed by atoms with van der Waals surface area (Å²) >= 11 is 0. The number of ether oxygens (including phenoxy) is 1. The van der Waals surface area contributed by atoms with Crippen molar-refractivity contribution in [3.8, 4) is 0 Å². The largest absolute Gasteiger partial charge is 0.393 e. The van der Waals surface area contributed by atoms with Crippen LogP contribution in [0.3, 0.4) is 0 Å². The van der Waals surface area contributed by atoms with Crippen LogP contribution in [0, 0.1) is 6.92 Å². The minimum Gasteiger partial charge on any atom is -0.393 e. The van der Waals surface area contributed by atoms with Gasteiger partial charge in [0, 0.05) is 25.7 Å². The van der Waals surface area contributed by atoms with E-state index in [4.69, 9.17) is 4.74 Å². The molecule has 0 unspecified atom stereocenters. The highest BCUT2D eigenvalue weighted by Crippen LogP contribution is 2.27. The van der Waals surface area contributed by atoms with Gasteiger partial charge in [0.15, 0.2) is 0 Å². The molecule has 0 spiro atoms. The van der Waals surface area contributed by atoms with Crippen LogP contribution in [0.15, 0.2) is 41.6 Å². The average molecular weight is 351 g/mol. The molecule has 1 aliphatic rings. The molecule has 8 heteroatoms. The average Bonchev–Trinajstić information content (AvgIpc) is 3.10. The van der Waals surface area contributed by atoms with Crippen LogP contribution in [-0.4, -0.2) is 59.9 Å². The normalized spacial score (nSPS) is 22.6. The lowest BCUT2D eigenvalue weighted by Crippen LogP contribution is -2.56. The Morgan fingerprint density at radius 1 is 1.46 bits per heavy atom. The molecular weight excluding hydrogens is 330 g/mol. The predicted octanol–water partition coefficient (Wildman–Crippen LogP) is 0.713. The van der Waals surface area contributed by atoms with Gasteiger partial charge in [-0.3, -0.25) is 5.10 Å². The third-order valence-corrected chi connectivity index (χ3v) is 6.03. The molecule has 0 bridgehead atoms. The summed E-state index contributed by atoms with van der Waals surface area (Å²) in [5.74, 6) is 0. The van der Waals surface area contributed by atoms with E-state index >= 15 is 0 Å².